The predicted octanol–water partition coefficient (Wildman–Crippen LogP) is 2.27. The molecule has 6 heteroatoms. The molecule has 0 unspecified atom stereocenters. The van der Waals surface area contributed by atoms with Crippen LogP contribution in [-0.2, 0) is 14.3 Å². The highest BCUT2D eigenvalue weighted by Gasteiger charge is 2.46. The molecular weight excluding hydrogens is 284 g/mol. The Bertz CT molecular complexity index is 400. The summed E-state index contributed by atoms with van der Waals surface area (Å²) in [6.07, 6.45) is 1.11. The topological polar surface area (TPSA) is 59.1 Å². The van der Waals surface area contributed by atoms with E-state index in [2.05, 4.69) is 32.6 Å². The first-order valence-electron chi connectivity index (χ1n) is 7.75. The van der Waals surface area contributed by atoms with Gasteiger partial charge in [0.15, 0.2) is 0 Å². The van der Waals surface area contributed by atoms with Crippen molar-refractivity contribution in [3.05, 3.63) is 0 Å². The Morgan fingerprint density at radius 3 is 2.05 bits per heavy atom. The predicted molar refractivity (Wildman–Crippen MR) is 84.7 cm³/mol. The maximum absolute atomic E-state index is 11.8. The highest BCUT2D eigenvalue weighted by molar-refractivity contribution is 5.67. The van der Waals surface area contributed by atoms with E-state index in [1.54, 1.807) is 14.1 Å². The van der Waals surface area contributed by atoms with Crippen molar-refractivity contribution < 1.29 is 19.1 Å². The summed E-state index contributed by atoms with van der Waals surface area (Å²) < 4.78 is 10.7. The van der Waals surface area contributed by atoms with E-state index < -0.39 is 0 Å². The van der Waals surface area contributed by atoms with Gasteiger partial charge >= 0.3 is 12.1 Å². The number of amides is 1. The lowest BCUT2D eigenvalue weighted by Crippen LogP contribution is -2.63. The third-order valence-corrected chi connectivity index (χ3v) is 4.17. The normalized spacial score (nSPS) is 21.2. The third kappa shape index (κ3) is 4.87. The second-order valence-electron chi connectivity index (χ2n) is 7.42. The number of ether oxygens (including phenoxy) is 2. The van der Waals surface area contributed by atoms with Gasteiger partial charge in [-0.15, -0.1) is 0 Å². The SMILES string of the molecule is CC(=O)OCCN1C(C)(C)CC(OC(=O)N(C)C)CC1(C)C. The zero-order chi connectivity index (χ0) is 17.1. The van der Waals surface area contributed by atoms with Crippen LogP contribution in [0, 0.1) is 0 Å². The highest BCUT2D eigenvalue weighted by atomic mass is 16.6. The fourth-order valence-electron chi connectivity index (χ4n) is 3.44. The quantitative estimate of drug-likeness (QED) is 0.745. The zero-order valence-corrected chi connectivity index (χ0v) is 14.9. The van der Waals surface area contributed by atoms with Crippen molar-refractivity contribution in [2.75, 3.05) is 27.2 Å². The van der Waals surface area contributed by atoms with Crippen molar-refractivity contribution >= 4 is 12.1 Å². The molecule has 1 rings (SSSR count). The molecule has 0 saturated carbocycles. The Morgan fingerprint density at radius 2 is 1.64 bits per heavy atom. The van der Waals surface area contributed by atoms with Crippen LogP contribution in [0.5, 0.6) is 0 Å². The monoisotopic (exact) mass is 314 g/mol. The van der Waals surface area contributed by atoms with Crippen LogP contribution in [0.3, 0.4) is 0 Å². The van der Waals surface area contributed by atoms with Crippen molar-refractivity contribution in [1.29, 1.82) is 0 Å². The maximum atomic E-state index is 11.8. The largest absolute Gasteiger partial charge is 0.465 e. The van der Waals surface area contributed by atoms with Gasteiger partial charge in [0, 0.05) is 51.5 Å². The molecule has 22 heavy (non-hydrogen) atoms. The van der Waals surface area contributed by atoms with Crippen molar-refractivity contribution in [2.24, 2.45) is 0 Å². The van der Waals surface area contributed by atoms with Crippen molar-refractivity contribution in [2.45, 2.75) is 64.6 Å². The van der Waals surface area contributed by atoms with Gasteiger partial charge in [0.2, 0.25) is 0 Å². The minimum Gasteiger partial charge on any atom is -0.465 e. The van der Waals surface area contributed by atoms with E-state index in [0.29, 0.717) is 13.2 Å². The number of carbonyl (C=O) groups is 2. The number of carbonyl (C=O) groups excluding carboxylic acids is 2. The molecule has 0 N–H and O–H groups in total. The summed E-state index contributed by atoms with van der Waals surface area (Å²) in [6.45, 7) is 11.0. The average Bonchev–Trinajstić information content (AvgIpc) is 2.30. The highest BCUT2D eigenvalue weighted by Crippen LogP contribution is 2.39. The number of esters is 1. The summed E-state index contributed by atoms with van der Waals surface area (Å²) >= 11 is 0. The van der Waals surface area contributed by atoms with Gasteiger partial charge in [0.05, 0.1) is 0 Å². The van der Waals surface area contributed by atoms with Crippen molar-refractivity contribution in [3.63, 3.8) is 0 Å². The first-order chi connectivity index (χ1) is 9.95. The summed E-state index contributed by atoms with van der Waals surface area (Å²) in [7, 11) is 3.37. The molecule has 1 aliphatic heterocycles. The maximum Gasteiger partial charge on any atom is 0.409 e. The van der Waals surface area contributed by atoms with Crippen LogP contribution in [0.4, 0.5) is 4.79 Å². The second-order valence-corrected chi connectivity index (χ2v) is 7.42. The molecule has 0 aromatic rings. The molecule has 0 spiro atoms. The van der Waals surface area contributed by atoms with Gasteiger partial charge in [-0.2, -0.15) is 0 Å². The van der Waals surface area contributed by atoms with Crippen molar-refractivity contribution in [1.82, 2.24) is 9.80 Å². The van der Waals surface area contributed by atoms with Crippen LogP contribution < -0.4 is 0 Å². The van der Waals surface area contributed by atoms with Gasteiger partial charge < -0.3 is 14.4 Å². The Balaban J connectivity index is 2.75. The lowest BCUT2D eigenvalue weighted by molar-refractivity contribution is -0.144. The van der Waals surface area contributed by atoms with Gasteiger partial charge in [-0.05, 0) is 27.7 Å². The summed E-state index contributed by atoms with van der Waals surface area (Å²) in [5.74, 6) is -0.259. The van der Waals surface area contributed by atoms with E-state index in [-0.39, 0.29) is 29.2 Å². The molecule has 0 aliphatic carbocycles. The minimum atomic E-state index is -0.301. The van der Waals surface area contributed by atoms with Crippen LogP contribution >= 0.6 is 0 Å². The number of rotatable bonds is 4. The van der Waals surface area contributed by atoms with E-state index in [1.807, 2.05) is 0 Å². The Morgan fingerprint density at radius 1 is 1.14 bits per heavy atom. The van der Waals surface area contributed by atoms with Gasteiger partial charge in [-0.25, -0.2) is 4.79 Å². The molecule has 6 nitrogen and oxygen atoms in total. The van der Waals surface area contributed by atoms with E-state index in [9.17, 15) is 9.59 Å². The molecule has 1 saturated heterocycles. The third-order valence-electron chi connectivity index (χ3n) is 4.17. The number of hydrogen-bond acceptors (Lipinski definition) is 5. The Kier molecular flexibility index (Phi) is 5.84. The van der Waals surface area contributed by atoms with Crippen LogP contribution in [0.1, 0.15) is 47.5 Å². The summed E-state index contributed by atoms with van der Waals surface area (Å²) in [5, 5.41) is 0. The van der Waals surface area contributed by atoms with E-state index >= 15 is 0 Å². The number of hydrogen-bond donors (Lipinski definition) is 0. The second kappa shape index (κ2) is 6.86. The summed E-state index contributed by atoms with van der Waals surface area (Å²) in [6, 6.07) is 0. The lowest BCUT2D eigenvalue weighted by atomic mass is 9.78. The molecule has 0 bridgehead atoms. The fourth-order valence-corrected chi connectivity index (χ4v) is 3.44. The first kappa shape index (κ1) is 18.7. The molecule has 1 heterocycles. The molecule has 0 aromatic heterocycles. The van der Waals surface area contributed by atoms with E-state index in [4.69, 9.17) is 9.47 Å². The van der Waals surface area contributed by atoms with E-state index in [0.717, 1.165) is 12.8 Å². The van der Waals surface area contributed by atoms with Gasteiger partial charge in [-0.3, -0.25) is 9.69 Å². The molecule has 128 valence electrons. The molecule has 0 atom stereocenters. The van der Waals surface area contributed by atoms with Gasteiger partial charge in [0.1, 0.15) is 12.7 Å². The van der Waals surface area contributed by atoms with Gasteiger partial charge in [0.25, 0.3) is 0 Å². The number of likely N-dealkylation sites (tertiary alicyclic amines) is 1. The van der Waals surface area contributed by atoms with Crippen LogP contribution in [0.2, 0.25) is 0 Å². The van der Waals surface area contributed by atoms with Crippen molar-refractivity contribution in [3.8, 4) is 0 Å². The Labute approximate surface area is 133 Å². The van der Waals surface area contributed by atoms with E-state index in [1.165, 1.54) is 11.8 Å². The summed E-state index contributed by atoms with van der Waals surface area (Å²) in [4.78, 5) is 26.5. The first-order valence-corrected chi connectivity index (χ1v) is 7.75. The molecule has 0 radical (unpaired) electrons. The Hall–Kier alpha value is -1.30. The zero-order valence-electron chi connectivity index (χ0n) is 14.9. The van der Waals surface area contributed by atoms with Crippen LogP contribution in [-0.4, -0.2) is 66.3 Å². The minimum absolute atomic E-state index is 0.107. The summed E-state index contributed by atoms with van der Waals surface area (Å²) in [5.41, 5.74) is -0.279. The van der Waals surface area contributed by atoms with Crippen LogP contribution in [0.25, 0.3) is 0 Å². The standard InChI is InChI=1S/C16H30N2O4/c1-12(19)21-9-8-18-15(2,3)10-13(11-16(18,4)5)22-14(20)17(6)7/h13H,8-11H2,1-7H3. The number of piperidine rings is 1. The molecule has 0 aromatic carbocycles. The number of nitrogens with zero attached hydrogens (tertiary/aromatic N) is 2. The molecule has 1 amide bonds. The lowest BCUT2D eigenvalue weighted by Gasteiger charge is -2.54. The average molecular weight is 314 g/mol. The molecule has 1 fully saturated rings. The van der Waals surface area contributed by atoms with Gasteiger partial charge in [-0.1, -0.05) is 0 Å². The van der Waals surface area contributed by atoms with Crippen LogP contribution in [0.15, 0.2) is 0 Å². The smallest absolute Gasteiger partial charge is 0.409 e. The molecular formula is C16H30N2O4. The fraction of sp³-hybridized carbons (Fsp3) is 0.875. The molecule has 1 aliphatic rings.